The molecule has 6 N–H and O–H groups in total. The fourth-order valence-electron chi connectivity index (χ4n) is 2.19. The maximum atomic E-state index is 12.5. The number of hydrogen-bond donors (Lipinski definition) is 3. The second-order valence-corrected chi connectivity index (χ2v) is 5.15. The van der Waals surface area contributed by atoms with E-state index < -0.39 is 0 Å². The summed E-state index contributed by atoms with van der Waals surface area (Å²) in [6.07, 6.45) is 0. The Morgan fingerprint density at radius 1 is 1.14 bits per heavy atom. The minimum absolute atomic E-state index is 0.00874. The first-order valence-electron chi connectivity index (χ1n) is 6.97. The Labute approximate surface area is 129 Å². The molecule has 1 aliphatic heterocycles. The summed E-state index contributed by atoms with van der Waals surface area (Å²) >= 11 is 0. The zero-order valence-corrected chi connectivity index (χ0v) is 12.6. The van der Waals surface area contributed by atoms with Gasteiger partial charge in [0, 0.05) is 31.7 Å². The normalized spacial score (nSPS) is 16.4. The van der Waals surface area contributed by atoms with E-state index in [2.05, 4.69) is 14.9 Å². The SMILES string of the molecule is CN1CCN(C(=O)c2cccc(N=C(N)N=C(N)N)c2)CC1. The third kappa shape index (κ3) is 4.19. The summed E-state index contributed by atoms with van der Waals surface area (Å²) in [6, 6.07) is 6.92. The number of likely N-dealkylation sites (N-methyl/N-ethyl adjacent to an activating group) is 1. The van der Waals surface area contributed by atoms with Crippen molar-refractivity contribution in [2.24, 2.45) is 27.2 Å². The predicted molar refractivity (Wildman–Crippen MR) is 86.9 cm³/mol. The van der Waals surface area contributed by atoms with Gasteiger partial charge in [-0.25, -0.2) is 4.99 Å². The maximum Gasteiger partial charge on any atom is 0.254 e. The van der Waals surface area contributed by atoms with Gasteiger partial charge in [-0.2, -0.15) is 4.99 Å². The van der Waals surface area contributed by atoms with E-state index in [1.807, 2.05) is 11.9 Å². The summed E-state index contributed by atoms with van der Waals surface area (Å²) in [5, 5.41) is 0. The van der Waals surface area contributed by atoms with Gasteiger partial charge in [-0.15, -0.1) is 0 Å². The first-order chi connectivity index (χ1) is 10.5. The van der Waals surface area contributed by atoms with Crippen LogP contribution < -0.4 is 17.2 Å². The second kappa shape index (κ2) is 6.90. The van der Waals surface area contributed by atoms with E-state index in [1.54, 1.807) is 24.3 Å². The lowest BCUT2D eigenvalue weighted by Crippen LogP contribution is -2.47. The minimum Gasteiger partial charge on any atom is -0.370 e. The van der Waals surface area contributed by atoms with Crippen LogP contribution in [0.2, 0.25) is 0 Å². The summed E-state index contributed by atoms with van der Waals surface area (Å²) in [5.74, 6) is -0.222. The zero-order valence-electron chi connectivity index (χ0n) is 12.6. The lowest BCUT2D eigenvalue weighted by atomic mass is 10.1. The van der Waals surface area contributed by atoms with Gasteiger partial charge in [0.05, 0.1) is 5.69 Å². The van der Waals surface area contributed by atoms with Crippen LogP contribution in [-0.4, -0.2) is 60.9 Å². The van der Waals surface area contributed by atoms with Crippen LogP contribution in [0.4, 0.5) is 5.69 Å². The second-order valence-electron chi connectivity index (χ2n) is 5.15. The molecule has 0 aromatic heterocycles. The number of piperazine rings is 1. The quantitative estimate of drug-likeness (QED) is 0.491. The zero-order chi connectivity index (χ0) is 16.1. The average molecular weight is 303 g/mol. The van der Waals surface area contributed by atoms with Crippen molar-refractivity contribution in [1.29, 1.82) is 0 Å². The molecule has 8 heteroatoms. The van der Waals surface area contributed by atoms with Crippen LogP contribution in [0.5, 0.6) is 0 Å². The van der Waals surface area contributed by atoms with Crippen molar-refractivity contribution in [2.75, 3.05) is 33.2 Å². The molecule has 0 bridgehead atoms. The number of rotatable bonds is 2. The Bertz CT molecular complexity index is 599. The molecule has 0 spiro atoms. The molecule has 0 unspecified atom stereocenters. The van der Waals surface area contributed by atoms with Gasteiger partial charge in [-0.05, 0) is 25.2 Å². The molecule has 0 radical (unpaired) electrons. The van der Waals surface area contributed by atoms with Gasteiger partial charge < -0.3 is 27.0 Å². The van der Waals surface area contributed by atoms with Crippen LogP contribution in [0.3, 0.4) is 0 Å². The number of aliphatic imine (C=N–C) groups is 2. The van der Waals surface area contributed by atoms with Gasteiger partial charge in [-0.1, -0.05) is 6.07 Å². The number of carbonyl (C=O) groups is 1. The van der Waals surface area contributed by atoms with Crippen LogP contribution in [0, 0.1) is 0 Å². The van der Waals surface area contributed by atoms with Crippen molar-refractivity contribution in [3.05, 3.63) is 29.8 Å². The van der Waals surface area contributed by atoms with Gasteiger partial charge in [0.1, 0.15) is 0 Å². The van der Waals surface area contributed by atoms with Gasteiger partial charge in [0.25, 0.3) is 5.91 Å². The van der Waals surface area contributed by atoms with Gasteiger partial charge in [-0.3, -0.25) is 4.79 Å². The number of nitrogens with two attached hydrogens (primary N) is 3. The van der Waals surface area contributed by atoms with Crippen LogP contribution in [0.25, 0.3) is 0 Å². The summed E-state index contributed by atoms with van der Waals surface area (Å²) < 4.78 is 0. The highest BCUT2D eigenvalue weighted by atomic mass is 16.2. The highest BCUT2D eigenvalue weighted by Crippen LogP contribution is 2.16. The smallest absolute Gasteiger partial charge is 0.254 e. The summed E-state index contributed by atoms with van der Waals surface area (Å²) in [7, 11) is 2.05. The number of carbonyl (C=O) groups excluding carboxylic acids is 1. The largest absolute Gasteiger partial charge is 0.370 e. The number of guanidine groups is 2. The molecule has 0 aliphatic carbocycles. The first kappa shape index (κ1) is 15.8. The monoisotopic (exact) mass is 303 g/mol. The van der Waals surface area contributed by atoms with Crippen molar-refractivity contribution in [2.45, 2.75) is 0 Å². The molecular weight excluding hydrogens is 282 g/mol. The van der Waals surface area contributed by atoms with Crippen molar-refractivity contribution >= 4 is 23.5 Å². The molecular formula is C14H21N7O. The van der Waals surface area contributed by atoms with E-state index in [-0.39, 0.29) is 17.8 Å². The Morgan fingerprint density at radius 3 is 2.45 bits per heavy atom. The molecule has 1 fully saturated rings. The predicted octanol–water partition coefficient (Wildman–Crippen LogP) is -0.706. The Balaban J connectivity index is 2.14. The van der Waals surface area contributed by atoms with E-state index in [0.717, 1.165) is 26.2 Å². The topological polar surface area (TPSA) is 126 Å². The summed E-state index contributed by atoms with van der Waals surface area (Å²) in [6.45, 7) is 3.19. The third-order valence-corrected chi connectivity index (χ3v) is 3.37. The van der Waals surface area contributed by atoms with Crippen LogP contribution in [0.15, 0.2) is 34.3 Å². The van der Waals surface area contributed by atoms with E-state index >= 15 is 0 Å². The lowest BCUT2D eigenvalue weighted by Gasteiger charge is -2.32. The highest BCUT2D eigenvalue weighted by molar-refractivity contribution is 5.96. The van der Waals surface area contributed by atoms with Crippen molar-refractivity contribution in [3.8, 4) is 0 Å². The molecule has 1 heterocycles. The number of hydrogen-bond acceptors (Lipinski definition) is 3. The Morgan fingerprint density at radius 2 is 1.82 bits per heavy atom. The molecule has 118 valence electrons. The molecule has 1 aromatic rings. The minimum atomic E-state index is -0.161. The molecule has 1 aliphatic rings. The maximum absolute atomic E-state index is 12.5. The Hall–Kier alpha value is -2.61. The van der Waals surface area contributed by atoms with E-state index in [9.17, 15) is 4.79 Å². The van der Waals surface area contributed by atoms with Crippen molar-refractivity contribution < 1.29 is 4.79 Å². The number of nitrogens with zero attached hydrogens (tertiary/aromatic N) is 4. The lowest BCUT2D eigenvalue weighted by molar-refractivity contribution is 0.0664. The van der Waals surface area contributed by atoms with Gasteiger partial charge in [0.2, 0.25) is 5.96 Å². The van der Waals surface area contributed by atoms with Crippen LogP contribution in [-0.2, 0) is 0 Å². The molecule has 1 amide bonds. The number of benzene rings is 1. The van der Waals surface area contributed by atoms with E-state index in [0.29, 0.717) is 11.3 Å². The summed E-state index contributed by atoms with van der Waals surface area (Å²) in [4.78, 5) is 24.2. The van der Waals surface area contributed by atoms with Gasteiger partial charge >= 0.3 is 0 Å². The molecule has 2 rings (SSSR count). The fraction of sp³-hybridized carbons (Fsp3) is 0.357. The van der Waals surface area contributed by atoms with E-state index in [4.69, 9.17) is 17.2 Å². The molecule has 1 saturated heterocycles. The average Bonchev–Trinajstić information content (AvgIpc) is 2.46. The van der Waals surface area contributed by atoms with E-state index in [1.165, 1.54) is 0 Å². The summed E-state index contributed by atoms with van der Waals surface area (Å²) in [5.41, 5.74) is 17.2. The molecule has 22 heavy (non-hydrogen) atoms. The third-order valence-electron chi connectivity index (χ3n) is 3.37. The van der Waals surface area contributed by atoms with Crippen LogP contribution >= 0.6 is 0 Å². The Kier molecular flexibility index (Phi) is 4.95. The molecule has 0 atom stereocenters. The molecule has 8 nitrogen and oxygen atoms in total. The van der Waals surface area contributed by atoms with Crippen molar-refractivity contribution in [1.82, 2.24) is 9.80 Å². The fourth-order valence-corrected chi connectivity index (χ4v) is 2.19. The molecule has 0 saturated carbocycles. The molecule has 1 aromatic carbocycles. The first-order valence-corrected chi connectivity index (χ1v) is 6.97. The highest BCUT2D eigenvalue weighted by Gasteiger charge is 2.20. The van der Waals surface area contributed by atoms with Crippen molar-refractivity contribution in [3.63, 3.8) is 0 Å². The standard InChI is InChI=1S/C14H21N7O/c1-20-5-7-21(8-6-20)12(22)10-3-2-4-11(9-10)18-14(17)19-13(15)16/h2-4,9H,5-8H2,1H3,(H6,15,16,17,18,19). The van der Waals surface area contributed by atoms with Gasteiger partial charge in [0.15, 0.2) is 5.96 Å². The number of amides is 1. The van der Waals surface area contributed by atoms with Crippen LogP contribution in [0.1, 0.15) is 10.4 Å².